The lowest BCUT2D eigenvalue weighted by Crippen LogP contribution is -2.41. The number of alkyl halides is 3. The van der Waals surface area contributed by atoms with Crippen molar-refractivity contribution in [2.24, 2.45) is 0 Å². The largest absolute Gasteiger partial charge is 0.497 e. The molecular weight excluding hydrogens is 462 g/mol. The number of ether oxygens (including phenoxy) is 2. The van der Waals surface area contributed by atoms with Crippen molar-refractivity contribution in [1.29, 1.82) is 0 Å². The minimum atomic E-state index is -4.50. The monoisotopic (exact) mass is 489 g/mol. The van der Waals surface area contributed by atoms with Gasteiger partial charge in [-0.2, -0.15) is 13.2 Å². The van der Waals surface area contributed by atoms with Crippen molar-refractivity contribution in [1.82, 2.24) is 10.3 Å². The van der Waals surface area contributed by atoms with Gasteiger partial charge in [0.2, 0.25) is 0 Å². The van der Waals surface area contributed by atoms with Crippen molar-refractivity contribution >= 4 is 5.69 Å². The summed E-state index contributed by atoms with van der Waals surface area (Å²) in [6.07, 6.45) is 0.531. The normalized spacial score (nSPS) is 14.8. The molecule has 9 heteroatoms. The highest BCUT2D eigenvalue weighted by Crippen LogP contribution is 2.45. The summed E-state index contributed by atoms with van der Waals surface area (Å²) >= 11 is 0. The molecule has 0 unspecified atom stereocenters. The fourth-order valence-corrected chi connectivity index (χ4v) is 4.52. The van der Waals surface area contributed by atoms with Crippen molar-refractivity contribution in [2.75, 3.05) is 39.3 Å². The van der Waals surface area contributed by atoms with E-state index in [2.05, 4.69) is 15.2 Å². The first-order valence-corrected chi connectivity index (χ1v) is 11.3. The van der Waals surface area contributed by atoms with Crippen LogP contribution in [0, 0.1) is 5.82 Å². The Morgan fingerprint density at radius 2 is 1.66 bits per heavy atom. The number of hydrogen-bond donors (Lipinski definition) is 1. The quantitative estimate of drug-likeness (QED) is 0.445. The van der Waals surface area contributed by atoms with E-state index in [1.54, 1.807) is 18.5 Å². The van der Waals surface area contributed by atoms with Crippen LogP contribution in [0.15, 0.2) is 48.8 Å². The van der Waals surface area contributed by atoms with Crippen molar-refractivity contribution in [2.45, 2.75) is 25.1 Å². The van der Waals surface area contributed by atoms with Crippen LogP contribution in [-0.4, -0.2) is 45.4 Å². The molecule has 3 aromatic rings. The lowest BCUT2D eigenvalue weighted by Gasteiger charge is -2.36. The maximum absolute atomic E-state index is 14.4. The molecule has 0 saturated carbocycles. The van der Waals surface area contributed by atoms with Crippen LogP contribution in [0.3, 0.4) is 0 Å². The highest BCUT2D eigenvalue weighted by molar-refractivity contribution is 5.92. The predicted molar refractivity (Wildman–Crippen MR) is 127 cm³/mol. The molecule has 1 N–H and O–H groups in total. The Labute approximate surface area is 201 Å². The number of nitrogens with zero attached hydrogens (tertiary/aromatic N) is 2. The molecule has 1 saturated heterocycles. The summed E-state index contributed by atoms with van der Waals surface area (Å²) in [5, 5.41) is 3.30. The number of methoxy groups -OCH3 is 2. The van der Waals surface area contributed by atoms with Crippen molar-refractivity contribution in [3.63, 3.8) is 0 Å². The average Bonchev–Trinajstić information content (AvgIpc) is 2.87. The second-order valence-electron chi connectivity index (χ2n) is 8.43. The molecule has 0 atom stereocenters. The molecule has 1 aromatic heterocycles. The van der Waals surface area contributed by atoms with E-state index < -0.39 is 17.6 Å². The number of rotatable bonds is 6. The topological polar surface area (TPSA) is 46.6 Å². The second kappa shape index (κ2) is 10.1. The third-order valence-corrected chi connectivity index (χ3v) is 6.37. The maximum Gasteiger partial charge on any atom is 0.416 e. The molecule has 0 bridgehead atoms. The van der Waals surface area contributed by atoms with Crippen molar-refractivity contribution < 1.29 is 27.0 Å². The Balaban J connectivity index is 1.92. The molecule has 0 aliphatic carbocycles. The minimum Gasteiger partial charge on any atom is -0.497 e. The fraction of sp³-hybridized carbons (Fsp3) is 0.346. The van der Waals surface area contributed by atoms with E-state index in [9.17, 15) is 17.6 Å². The number of aromatic nitrogens is 1. The molecule has 0 radical (unpaired) electrons. The van der Waals surface area contributed by atoms with Gasteiger partial charge in [-0.3, -0.25) is 4.98 Å². The number of hydrogen-bond acceptors (Lipinski definition) is 5. The highest BCUT2D eigenvalue weighted by atomic mass is 19.4. The molecular formula is C26H27F4N3O2. The van der Waals surface area contributed by atoms with E-state index in [1.807, 2.05) is 7.05 Å². The van der Waals surface area contributed by atoms with Crippen LogP contribution < -0.4 is 19.7 Å². The average molecular weight is 490 g/mol. The molecule has 35 heavy (non-hydrogen) atoms. The highest BCUT2D eigenvalue weighted by Gasteiger charge is 2.32. The smallest absolute Gasteiger partial charge is 0.416 e. The Hall–Kier alpha value is -3.33. The van der Waals surface area contributed by atoms with Crippen LogP contribution in [0.2, 0.25) is 0 Å². The van der Waals surface area contributed by atoms with E-state index in [-0.39, 0.29) is 5.75 Å². The van der Waals surface area contributed by atoms with Gasteiger partial charge in [0.25, 0.3) is 0 Å². The third-order valence-electron chi connectivity index (χ3n) is 6.37. The maximum atomic E-state index is 14.4. The van der Waals surface area contributed by atoms with Gasteiger partial charge in [-0.1, -0.05) is 0 Å². The molecule has 2 heterocycles. The molecule has 0 amide bonds. The van der Waals surface area contributed by atoms with Gasteiger partial charge >= 0.3 is 6.18 Å². The van der Waals surface area contributed by atoms with Gasteiger partial charge in [-0.05, 0) is 55.8 Å². The molecule has 2 aromatic carbocycles. The molecule has 1 aliphatic rings. The summed E-state index contributed by atoms with van der Waals surface area (Å²) in [4.78, 5) is 6.55. The number of nitrogens with one attached hydrogen (secondary N) is 1. The fourth-order valence-electron chi connectivity index (χ4n) is 4.52. The van der Waals surface area contributed by atoms with Crippen LogP contribution in [0.5, 0.6) is 11.5 Å². The zero-order valence-corrected chi connectivity index (χ0v) is 19.7. The van der Waals surface area contributed by atoms with Gasteiger partial charge in [0.15, 0.2) is 0 Å². The van der Waals surface area contributed by atoms with Crippen molar-refractivity contribution in [3.8, 4) is 33.8 Å². The second-order valence-corrected chi connectivity index (χ2v) is 8.43. The summed E-state index contributed by atoms with van der Waals surface area (Å²) in [5.74, 6) is -0.0176. The van der Waals surface area contributed by atoms with Crippen LogP contribution in [-0.2, 0) is 6.18 Å². The number of benzene rings is 2. The molecule has 1 fully saturated rings. The summed E-state index contributed by atoms with van der Waals surface area (Å²) in [5.41, 5.74) is 2.27. The minimum absolute atomic E-state index is 0.0851. The van der Waals surface area contributed by atoms with Crippen LogP contribution in [0.4, 0.5) is 23.2 Å². The molecule has 1 aliphatic heterocycles. The van der Waals surface area contributed by atoms with Gasteiger partial charge in [-0.25, -0.2) is 4.39 Å². The lowest BCUT2D eigenvalue weighted by atomic mass is 9.94. The SMILES string of the molecule is CNC1CCN(c2c(-c3cc(F)cc(OC)c3)cncc2-c2ccc(C(F)(F)F)cc2OC)CC1. The first kappa shape index (κ1) is 24.8. The van der Waals surface area contributed by atoms with Crippen LogP contribution in [0.25, 0.3) is 22.3 Å². The Bertz CT molecular complexity index is 1190. The number of piperidine rings is 1. The Morgan fingerprint density at radius 3 is 2.29 bits per heavy atom. The molecule has 186 valence electrons. The van der Waals surface area contributed by atoms with Gasteiger partial charge in [-0.15, -0.1) is 0 Å². The Morgan fingerprint density at radius 1 is 0.943 bits per heavy atom. The summed E-state index contributed by atoms with van der Waals surface area (Å²) in [6.45, 7) is 1.43. The summed E-state index contributed by atoms with van der Waals surface area (Å²) < 4.78 is 65.1. The number of anilines is 1. The van der Waals surface area contributed by atoms with Gasteiger partial charge < -0.3 is 19.7 Å². The van der Waals surface area contributed by atoms with Crippen LogP contribution in [0.1, 0.15) is 18.4 Å². The molecule has 0 spiro atoms. The van der Waals surface area contributed by atoms with Crippen LogP contribution >= 0.6 is 0 Å². The summed E-state index contributed by atoms with van der Waals surface area (Å²) in [6, 6.07) is 8.21. The van der Waals surface area contributed by atoms with Gasteiger partial charge in [0.05, 0.1) is 25.5 Å². The zero-order valence-electron chi connectivity index (χ0n) is 19.7. The van der Waals surface area contributed by atoms with E-state index in [4.69, 9.17) is 9.47 Å². The van der Waals surface area contributed by atoms with E-state index >= 15 is 0 Å². The van der Waals surface area contributed by atoms with Gasteiger partial charge in [0.1, 0.15) is 17.3 Å². The molecule has 5 nitrogen and oxygen atoms in total. The lowest BCUT2D eigenvalue weighted by molar-refractivity contribution is -0.137. The third kappa shape index (κ3) is 5.19. The standard InChI is InChI=1S/C26H27F4N3O2/c1-31-19-6-8-33(9-7-19)25-22(16-10-18(27)13-20(11-16)34-2)14-32-15-23(25)21-5-4-17(26(28,29)30)12-24(21)35-3/h4-5,10-15,19,31H,6-9H2,1-3H3. The Kier molecular flexibility index (Phi) is 7.16. The van der Waals surface area contributed by atoms with Gasteiger partial charge in [0, 0.05) is 54.3 Å². The van der Waals surface area contributed by atoms with E-state index in [1.165, 1.54) is 32.4 Å². The molecule has 4 rings (SSSR count). The number of halogens is 4. The van der Waals surface area contributed by atoms with E-state index in [0.717, 1.165) is 30.7 Å². The predicted octanol–water partition coefficient (Wildman–Crippen LogP) is 5.78. The summed E-state index contributed by atoms with van der Waals surface area (Å²) in [7, 11) is 4.73. The van der Waals surface area contributed by atoms with E-state index in [0.29, 0.717) is 47.1 Å². The first-order chi connectivity index (χ1) is 16.7. The zero-order chi connectivity index (χ0) is 25.2. The first-order valence-electron chi connectivity index (χ1n) is 11.3. The van der Waals surface area contributed by atoms with Crippen molar-refractivity contribution in [3.05, 3.63) is 60.2 Å². The number of pyridine rings is 1.